The van der Waals surface area contributed by atoms with Crippen molar-refractivity contribution in [1.29, 1.82) is 0 Å². The second kappa shape index (κ2) is 11.4. The van der Waals surface area contributed by atoms with Crippen LogP contribution in [0.25, 0.3) is 0 Å². The van der Waals surface area contributed by atoms with Crippen LogP contribution in [0.15, 0.2) is 42.5 Å². The van der Waals surface area contributed by atoms with Crippen LogP contribution in [0.2, 0.25) is 0 Å². The number of para-hydroxylation sites is 2. The number of amides is 1. The Kier molecular flexibility index (Phi) is 8.10. The van der Waals surface area contributed by atoms with Crippen LogP contribution >= 0.6 is 0 Å². The van der Waals surface area contributed by atoms with Crippen molar-refractivity contribution in [1.82, 2.24) is 4.90 Å². The maximum atomic E-state index is 11.6. The summed E-state index contributed by atoms with van der Waals surface area (Å²) >= 11 is 0. The summed E-state index contributed by atoms with van der Waals surface area (Å²) in [4.78, 5) is 16.6. The number of carbonyl (C=O) groups is 1. The number of carbonyl (C=O) groups excluding carboxylic acids is 1. The molecule has 1 fully saturated rings. The third-order valence-electron chi connectivity index (χ3n) is 6.27. The average Bonchev–Trinajstić information content (AvgIpc) is 3.04. The Morgan fingerprint density at radius 1 is 1.00 bits per heavy atom. The molecule has 0 atom stereocenters. The summed E-state index contributed by atoms with van der Waals surface area (Å²) in [6.07, 6.45) is 4.86. The number of hydrogen-bond acceptors (Lipinski definition) is 5. The zero-order chi connectivity index (χ0) is 23.0. The van der Waals surface area contributed by atoms with Gasteiger partial charge in [0, 0.05) is 37.8 Å². The number of unbranched alkanes of at least 4 members (excludes halogenated alkanes) is 1. The van der Waals surface area contributed by atoms with Crippen molar-refractivity contribution < 1.29 is 14.3 Å². The summed E-state index contributed by atoms with van der Waals surface area (Å²) in [7, 11) is 0. The van der Waals surface area contributed by atoms with E-state index in [0.29, 0.717) is 13.0 Å². The highest BCUT2D eigenvalue weighted by Gasteiger charge is 2.18. The molecular formula is C27H37N3O3. The van der Waals surface area contributed by atoms with Gasteiger partial charge in [0.15, 0.2) is 0 Å². The second-order valence-corrected chi connectivity index (χ2v) is 9.24. The van der Waals surface area contributed by atoms with Crippen LogP contribution in [0, 0.1) is 0 Å². The fraction of sp³-hybridized carbons (Fsp3) is 0.519. The smallest absolute Gasteiger partial charge is 0.224 e. The molecule has 0 unspecified atom stereocenters. The summed E-state index contributed by atoms with van der Waals surface area (Å²) in [5.74, 6) is 1.91. The lowest BCUT2D eigenvalue weighted by molar-refractivity contribution is -0.116. The normalized spacial score (nSPS) is 16.8. The fourth-order valence-corrected chi connectivity index (χ4v) is 4.58. The van der Waals surface area contributed by atoms with Crippen LogP contribution < -0.4 is 19.7 Å². The molecule has 0 saturated carbocycles. The number of anilines is 2. The van der Waals surface area contributed by atoms with E-state index < -0.39 is 0 Å². The van der Waals surface area contributed by atoms with Gasteiger partial charge in [0.1, 0.15) is 11.5 Å². The molecule has 1 saturated heterocycles. The van der Waals surface area contributed by atoms with Crippen molar-refractivity contribution in [2.45, 2.75) is 52.1 Å². The SMILES string of the molecule is CC(C)Oc1ccccc1N1CCCN(CCCCOc2ccc3c(c2)NC(=O)CC3)CC1. The van der Waals surface area contributed by atoms with Crippen molar-refractivity contribution in [3.63, 3.8) is 0 Å². The summed E-state index contributed by atoms with van der Waals surface area (Å²) in [5, 5.41) is 2.94. The van der Waals surface area contributed by atoms with Crippen LogP contribution in [-0.2, 0) is 11.2 Å². The zero-order valence-corrected chi connectivity index (χ0v) is 20.0. The van der Waals surface area contributed by atoms with Gasteiger partial charge in [-0.1, -0.05) is 18.2 Å². The van der Waals surface area contributed by atoms with E-state index in [9.17, 15) is 4.79 Å². The van der Waals surface area contributed by atoms with Gasteiger partial charge in [0.05, 0.1) is 18.4 Å². The van der Waals surface area contributed by atoms with Gasteiger partial charge in [-0.25, -0.2) is 0 Å². The molecule has 6 heteroatoms. The molecule has 178 valence electrons. The molecule has 2 aliphatic heterocycles. The highest BCUT2D eigenvalue weighted by atomic mass is 16.5. The van der Waals surface area contributed by atoms with E-state index in [1.165, 1.54) is 11.3 Å². The van der Waals surface area contributed by atoms with Crippen molar-refractivity contribution in [3.8, 4) is 11.5 Å². The highest BCUT2D eigenvalue weighted by molar-refractivity contribution is 5.94. The van der Waals surface area contributed by atoms with E-state index >= 15 is 0 Å². The first-order chi connectivity index (χ1) is 16.1. The molecule has 4 rings (SSSR count). The van der Waals surface area contributed by atoms with E-state index in [1.54, 1.807) is 0 Å². The number of aryl methyl sites for hydroxylation is 1. The van der Waals surface area contributed by atoms with Gasteiger partial charge in [-0.2, -0.15) is 0 Å². The van der Waals surface area contributed by atoms with Crippen LogP contribution in [0.3, 0.4) is 0 Å². The van der Waals surface area contributed by atoms with Crippen molar-refractivity contribution in [3.05, 3.63) is 48.0 Å². The summed E-state index contributed by atoms with van der Waals surface area (Å²) in [6, 6.07) is 14.4. The molecule has 0 aromatic heterocycles. The zero-order valence-electron chi connectivity index (χ0n) is 20.0. The van der Waals surface area contributed by atoms with Crippen LogP contribution in [0.1, 0.15) is 45.1 Å². The largest absolute Gasteiger partial charge is 0.494 e. The number of nitrogens with zero attached hydrogens (tertiary/aromatic N) is 2. The molecule has 33 heavy (non-hydrogen) atoms. The van der Waals surface area contributed by atoms with E-state index in [2.05, 4.69) is 53.2 Å². The van der Waals surface area contributed by atoms with Gasteiger partial charge < -0.3 is 24.6 Å². The van der Waals surface area contributed by atoms with Gasteiger partial charge in [-0.3, -0.25) is 4.79 Å². The summed E-state index contributed by atoms with van der Waals surface area (Å²) in [6.45, 7) is 10.2. The molecule has 2 aromatic carbocycles. The number of rotatable bonds is 9. The number of hydrogen-bond donors (Lipinski definition) is 1. The van der Waals surface area contributed by atoms with Gasteiger partial charge in [0.25, 0.3) is 0 Å². The maximum absolute atomic E-state index is 11.6. The summed E-state index contributed by atoms with van der Waals surface area (Å²) in [5.41, 5.74) is 3.30. The predicted octanol–water partition coefficient (Wildman–Crippen LogP) is 4.73. The number of fused-ring (bicyclic) bond motifs is 1. The van der Waals surface area contributed by atoms with E-state index in [-0.39, 0.29) is 12.0 Å². The standard InChI is InChI=1S/C27H37N3O3/c1-21(2)33-26-9-4-3-8-25(26)30-16-7-15-29(17-18-30)14-5-6-19-32-23-12-10-22-11-13-27(31)28-24(22)20-23/h3-4,8-10,12,20-21H,5-7,11,13-19H2,1-2H3,(H,28,31). The third kappa shape index (κ3) is 6.64. The maximum Gasteiger partial charge on any atom is 0.224 e. The molecule has 2 heterocycles. The monoisotopic (exact) mass is 451 g/mol. The first-order valence-electron chi connectivity index (χ1n) is 12.4. The Morgan fingerprint density at radius 2 is 1.88 bits per heavy atom. The number of benzene rings is 2. The van der Waals surface area contributed by atoms with Gasteiger partial charge in [-0.05, 0) is 76.4 Å². The first-order valence-corrected chi connectivity index (χ1v) is 12.4. The van der Waals surface area contributed by atoms with Gasteiger partial charge in [0.2, 0.25) is 5.91 Å². The second-order valence-electron chi connectivity index (χ2n) is 9.24. The Balaban J connectivity index is 1.19. The van der Waals surface area contributed by atoms with Crippen molar-refractivity contribution >= 4 is 17.3 Å². The Labute approximate surface area is 197 Å². The van der Waals surface area contributed by atoms with Gasteiger partial charge >= 0.3 is 0 Å². The minimum absolute atomic E-state index is 0.0894. The lowest BCUT2D eigenvalue weighted by atomic mass is 10.0. The molecule has 2 aromatic rings. The van der Waals surface area contributed by atoms with Crippen LogP contribution in [0.4, 0.5) is 11.4 Å². The lowest BCUT2D eigenvalue weighted by Crippen LogP contribution is -2.31. The molecule has 1 N–H and O–H groups in total. The predicted molar refractivity (Wildman–Crippen MR) is 134 cm³/mol. The van der Waals surface area contributed by atoms with Crippen molar-refractivity contribution in [2.24, 2.45) is 0 Å². The van der Waals surface area contributed by atoms with Crippen molar-refractivity contribution in [2.75, 3.05) is 49.5 Å². The topological polar surface area (TPSA) is 54.0 Å². The van der Waals surface area contributed by atoms with E-state index in [4.69, 9.17) is 9.47 Å². The lowest BCUT2D eigenvalue weighted by Gasteiger charge is -2.26. The fourth-order valence-electron chi connectivity index (χ4n) is 4.58. The van der Waals surface area contributed by atoms with E-state index in [1.807, 2.05) is 18.2 Å². The number of ether oxygens (including phenoxy) is 2. The molecule has 0 aliphatic carbocycles. The van der Waals surface area contributed by atoms with Crippen LogP contribution in [0.5, 0.6) is 11.5 Å². The Morgan fingerprint density at radius 3 is 2.76 bits per heavy atom. The molecule has 0 bridgehead atoms. The van der Waals surface area contributed by atoms with Crippen LogP contribution in [-0.4, -0.2) is 56.2 Å². The minimum Gasteiger partial charge on any atom is -0.494 e. The third-order valence-corrected chi connectivity index (χ3v) is 6.27. The molecule has 0 radical (unpaired) electrons. The molecule has 0 spiro atoms. The Bertz CT molecular complexity index is 931. The molecular weight excluding hydrogens is 414 g/mol. The minimum atomic E-state index is 0.0894. The molecule has 2 aliphatic rings. The average molecular weight is 452 g/mol. The highest BCUT2D eigenvalue weighted by Crippen LogP contribution is 2.30. The quantitative estimate of drug-likeness (QED) is 0.559. The van der Waals surface area contributed by atoms with E-state index in [0.717, 1.165) is 75.6 Å². The first kappa shape index (κ1) is 23.4. The Hall–Kier alpha value is -2.73. The van der Waals surface area contributed by atoms with Gasteiger partial charge in [-0.15, -0.1) is 0 Å². The molecule has 1 amide bonds. The summed E-state index contributed by atoms with van der Waals surface area (Å²) < 4.78 is 12.0. The molecule has 6 nitrogen and oxygen atoms in total. The number of nitrogens with one attached hydrogen (secondary N) is 1.